The normalized spacial score (nSPS) is 17.0. The van der Waals surface area contributed by atoms with Crippen LogP contribution in [0.5, 0.6) is 0 Å². The summed E-state index contributed by atoms with van der Waals surface area (Å²) < 4.78 is 5.25. The smallest absolute Gasteiger partial charge is 0.408 e. The molecule has 0 saturated carbocycles. The number of hydrogen-bond donors (Lipinski definition) is 1. The van der Waals surface area contributed by atoms with E-state index in [-0.39, 0.29) is 6.04 Å². The van der Waals surface area contributed by atoms with Gasteiger partial charge in [-0.3, -0.25) is 9.78 Å². The van der Waals surface area contributed by atoms with Crippen LogP contribution in [0, 0.1) is 0 Å². The zero-order valence-corrected chi connectivity index (χ0v) is 14.2. The van der Waals surface area contributed by atoms with Gasteiger partial charge in [-0.1, -0.05) is 36.4 Å². The van der Waals surface area contributed by atoms with E-state index in [4.69, 9.17) is 4.74 Å². The first-order valence-electron chi connectivity index (χ1n) is 7.81. The summed E-state index contributed by atoms with van der Waals surface area (Å²) in [6, 6.07) is 3.37. The Kier molecular flexibility index (Phi) is 5.68. The van der Waals surface area contributed by atoms with E-state index < -0.39 is 11.7 Å². The molecule has 24 heavy (non-hydrogen) atoms. The highest BCUT2D eigenvalue weighted by atomic mass is 16.6. The third kappa shape index (κ3) is 5.83. The standard InChI is InChI=1S/C19H22N2O3/c1-19(2,3)24-18(23)21-16-6-4-5-14(7-9-16)11-15-8-10-17(13-22)20-12-15/h4-10,12-13,16H,11H2,1-3H3,(H,21,23). The van der Waals surface area contributed by atoms with Gasteiger partial charge in [0.25, 0.3) is 0 Å². The second-order valence-corrected chi connectivity index (χ2v) is 6.54. The van der Waals surface area contributed by atoms with Crippen LogP contribution >= 0.6 is 0 Å². The number of carbonyl (C=O) groups excluding carboxylic acids is 2. The molecule has 1 amide bonds. The first-order valence-corrected chi connectivity index (χ1v) is 7.81. The van der Waals surface area contributed by atoms with Crippen LogP contribution in [0.25, 0.3) is 0 Å². The average molecular weight is 326 g/mol. The lowest BCUT2D eigenvalue weighted by atomic mass is 10.1. The van der Waals surface area contributed by atoms with Crippen molar-refractivity contribution in [2.45, 2.75) is 38.8 Å². The molecule has 1 N–H and O–H groups in total. The Bertz CT molecular complexity index is 680. The molecule has 1 unspecified atom stereocenters. The number of alkyl carbamates (subject to hydrolysis) is 1. The second-order valence-electron chi connectivity index (χ2n) is 6.54. The molecule has 126 valence electrons. The zero-order valence-electron chi connectivity index (χ0n) is 14.2. The number of allylic oxidation sites excluding steroid dienone is 4. The Morgan fingerprint density at radius 1 is 1.33 bits per heavy atom. The van der Waals surface area contributed by atoms with Gasteiger partial charge in [0.15, 0.2) is 6.29 Å². The topological polar surface area (TPSA) is 68.3 Å². The van der Waals surface area contributed by atoms with Crippen molar-refractivity contribution in [1.82, 2.24) is 10.3 Å². The van der Waals surface area contributed by atoms with Crippen LogP contribution in [-0.2, 0) is 11.2 Å². The van der Waals surface area contributed by atoms with Crippen molar-refractivity contribution in [3.05, 3.63) is 65.5 Å². The van der Waals surface area contributed by atoms with Crippen LogP contribution in [-0.4, -0.2) is 29.0 Å². The average Bonchev–Trinajstić information content (AvgIpc) is 2.71. The van der Waals surface area contributed by atoms with Gasteiger partial charge >= 0.3 is 6.09 Å². The van der Waals surface area contributed by atoms with Crippen molar-refractivity contribution in [3.8, 4) is 0 Å². The van der Waals surface area contributed by atoms with Gasteiger partial charge in [0, 0.05) is 6.20 Å². The fourth-order valence-electron chi connectivity index (χ4n) is 2.15. The van der Waals surface area contributed by atoms with Gasteiger partial charge in [-0.25, -0.2) is 4.79 Å². The number of aldehydes is 1. The van der Waals surface area contributed by atoms with E-state index >= 15 is 0 Å². The summed E-state index contributed by atoms with van der Waals surface area (Å²) in [6.07, 6.45) is 12.3. The summed E-state index contributed by atoms with van der Waals surface area (Å²) in [7, 11) is 0. The van der Waals surface area contributed by atoms with E-state index in [0.29, 0.717) is 12.1 Å². The first kappa shape index (κ1) is 17.7. The zero-order chi connectivity index (χ0) is 17.6. The number of rotatable bonds is 4. The summed E-state index contributed by atoms with van der Waals surface area (Å²) in [5.41, 5.74) is 2.00. The van der Waals surface area contributed by atoms with Crippen molar-refractivity contribution in [1.29, 1.82) is 0 Å². The van der Waals surface area contributed by atoms with Gasteiger partial charge < -0.3 is 10.1 Å². The molecule has 5 heteroatoms. The van der Waals surface area contributed by atoms with E-state index in [0.717, 1.165) is 17.4 Å². The molecule has 0 spiro atoms. The molecular weight excluding hydrogens is 304 g/mol. The minimum Gasteiger partial charge on any atom is -0.444 e. The van der Waals surface area contributed by atoms with Crippen LogP contribution in [0.2, 0.25) is 0 Å². The summed E-state index contributed by atoms with van der Waals surface area (Å²) in [5.74, 6) is 0. The molecule has 0 fully saturated rings. The maximum Gasteiger partial charge on any atom is 0.408 e. The number of hydrogen-bond acceptors (Lipinski definition) is 4. The van der Waals surface area contributed by atoms with Crippen LogP contribution in [0.1, 0.15) is 36.8 Å². The third-order valence-corrected chi connectivity index (χ3v) is 3.21. The maximum atomic E-state index is 11.8. The monoisotopic (exact) mass is 326 g/mol. The summed E-state index contributed by atoms with van der Waals surface area (Å²) in [4.78, 5) is 26.5. The fraction of sp³-hybridized carbons (Fsp3) is 0.316. The van der Waals surface area contributed by atoms with Gasteiger partial charge in [-0.2, -0.15) is 0 Å². The molecule has 0 radical (unpaired) electrons. The molecule has 1 aliphatic rings. The molecule has 1 heterocycles. The van der Waals surface area contributed by atoms with Crippen molar-refractivity contribution in [3.63, 3.8) is 0 Å². The molecule has 1 aliphatic carbocycles. The molecule has 5 nitrogen and oxygen atoms in total. The summed E-state index contributed by atoms with van der Waals surface area (Å²) >= 11 is 0. The van der Waals surface area contributed by atoms with Gasteiger partial charge in [0.2, 0.25) is 0 Å². The van der Waals surface area contributed by atoms with Crippen molar-refractivity contribution in [2.75, 3.05) is 0 Å². The second kappa shape index (κ2) is 7.73. The Balaban J connectivity index is 1.94. The quantitative estimate of drug-likeness (QED) is 0.861. The third-order valence-electron chi connectivity index (χ3n) is 3.21. The molecular formula is C19H22N2O3. The Labute approximate surface area is 142 Å². The maximum absolute atomic E-state index is 11.8. The number of carbonyl (C=O) groups is 2. The highest BCUT2D eigenvalue weighted by Gasteiger charge is 2.17. The van der Waals surface area contributed by atoms with Crippen molar-refractivity contribution < 1.29 is 14.3 Å². The number of nitrogens with zero attached hydrogens (tertiary/aromatic N) is 1. The van der Waals surface area contributed by atoms with E-state index in [2.05, 4.69) is 10.3 Å². The van der Waals surface area contributed by atoms with Gasteiger partial charge in [-0.05, 0) is 44.4 Å². The van der Waals surface area contributed by atoms with Gasteiger partial charge in [-0.15, -0.1) is 0 Å². The lowest BCUT2D eigenvalue weighted by Gasteiger charge is -2.21. The molecule has 1 aromatic heterocycles. The van der Waals surface area contributed by atoms with E-state index in [9.17, 15) is 9.59 Å². The number of aromatic nitrogens is 1. The fourth-order valence-corrected chi connectivity index (χ4v) is 2.15. The predicted octanol–water partition coefficient (Wildman–Crippen LogP) is 3.38. The molecule has 0 saturated heterocycles. The Morgan fingerprint density at radius 2 is 2.12 bits per heavy atom. The molecule has 2 rings (SSSR count). The number of pyridine rings is 1. The largest absolute Gasteiger partial charge is 0.444 e. The highest BCUT2D eigenvalue weighted by molar-refractivity contribution is 5.71. The van der Waals surface area contributed by atoms with Crippen molar-refractivity contribution >= 4 is 12.4 Å². The number of nitrogens with one attached hydrogen (secondary N) is 1. The molecule has 0 aromatic carbocycles. The number of amides is 1. The molecule has 1 atom stereocenters. The molecule has 0 aliphatic heterocycles. The Morgan fingerprint density at radius 3 is 2.75 bits per heavy atom. The van der Waals surface area contributed by atoms with E-state index in [1.54, 1.807) is 12.3 Å². The van der Waals surface area contributed by atoms with Crippen molar-refractivity contribution in [2.24, 2.45) is 0 Å². The number of ether oxygens (including phenoxy) is 1. The van der Waals surface area contributed by atoms with E-state index in [1.807, 2.05) is 57.2 Å². The minimum atomic E-state index is -0.521. The lowest BCUT2D eigenvalue weighted by Crippen LogP contribution is -2.37. The molecule has 0 bridgehead atoms. The van der Waals surface area contributed by atoms with Gasteiger partial charge in [0.05, 0.1) is 6.04 Å². The Hall–Kier alpha value is -2.69. The summed E-state index contributed by atoms with van der Waals surface area (Å²) in [5, 5.41) is 2.80. The lowest BCUT2D eigenvalue weighted by molar-refractivity contribution is 0.0522. The van der Waals surface area contributed by atoms with E-state index in [1.165, 1.54) is 0 Å². The van der Waals surface area contributed by atoms with Crippen LogP contribution in [0.3, 0.4) is 0 Å². The predicted molar refractivity (Wildman–Crippen MR) is 92.8 cm³/mol. The van der Waals surface area contributed by atoms with Crippen LogP contribution in [0.15, 0.2) is 54.3 Å². The SMILES string of the molecule is CC(C)(C)OC(=O)NC1C=CC=C(Cc2ccc(C=O)nc2)C=C1. The van der Waals surface area contributed by atoms with Crippen LogP contribution in [0.4, 0.5) is 4.79 Å². The first-order chi connectivity index (χ1) is 11.4. The molecule has 1 aromatic rings. The van der Waals surface area contributed by atoms with Gasteiger partial charge in [0.1, 0.15) is 11.3 Å². The minimum absolute atomic E-state index is 0.218. The van der Waals surface area contributed by atoms with Crippen LogP contribution < -0.4 is 5.32 Å². The summed E-state index contributed by atoms with van der Waals surface area (Å²) in [6.45, 7) is 5.48. The highest BCUT2D eigenvalue weighted by Crippen LogP contribution is 2.13.